The van der Waals surface area contributed by atoms with Crippen molar-refractivity contribution in [1.29, 1.82) is 0 Å². The maximum atomic E-state index is 12.0. The molecule has 0 saturated carbocycles. The third kappa shape index (κ3) is 7.14. The molecule has 0 radical (unpaired) electrons. The van der Waals surface area contributed by atoms with E-state index in [1.807, 2.05) is 6.92 Å². The first-order valence-corrected chi connectivity index (χ1v) is 7.93. The number of anilines is 1. The maximum absolute atomic E-state index is 12.0. The number of benzene rings is 1. The van der Waals surface area contributed by atoms with E-state index < -0.39 is 23.9 Å². The van der Waals surface area contributed by atoms with Gasteiger partial charge in [-0.15, -0.1) is 0 Å². The smallest absolute Gasteiger partial charge is 0.325 e. The van der Waals surface area contributed by atoms with Gasteiger partial charge in [-0.1, -0.05) is 29.3 Å². The van der Waals surface area contributed by atoms with E-state index in [0.717, 1.165) is 4.47 Å². The molecule has 1 atom stereocenters. The van der Waals surface area contributed by atoms with Gasteiger partial charge in [0.15, 0.2) is 0 Å². The van der Waals surface area contributed by atoms with Crippen LogP contribution in [-0.4, -0.2) is 37.6 Å². The largest absolute Gasteiger partial charge is 0.468 e. The highest BCUT2D eigenvalue weighted by molar-refractivity contribution is 9.10. The Labute approximate surface area is 143 Å². The lowest BCUT2D eigenvalue weighted by molar-refractivity contribution is -0.141. The first kappa shape index (κ1) is 19.0. The van der Waals surface area contributed by atoms with Gasteiger partial charge in [-0.3, -0.25) is 9.59 Å². The van der Waals surface area contributed by atoms with E-state index in [0.29, 0.717) is 18.5 Å². The molecule has 0 aliphatic carbocycles. The van der Waals surface area contributed by atoms with Gasteiger partial charge in [0.2, 0.25) is 5.91 Å². The summed E-state index contributed by atoms with van der Waals surface area (Å²) in [5, 5.41) is 7.68. The van der Waals surface area contributed by atoms with E-state index in [-0.39, 0.29) is 6.54 Å². The van der Waals surface area contributed by atoms with E-state index in [1.165, 1.54) is 7.11 Å². The van der Waals surface area contributed by atoms with Crippen LogP contribution in [0.2, 0.25) is 0 Å². The zero-order valence-electron chi connectivity index (χ0n) is 13.0. The van der Waals surface area contributed by atoms with Gasteiger partial charge >= 0.3 is 12.0 Å². The Bertz CT molecular complexity index is 548. The van der Waals surface area contributed by atoms with E-state index in [2.05, 4.69) is 36.6 Å². The minimum absolute atomic E-state index is 0.231. The Balaban J connectivity index is 2.56. The van der Waals surface area contributed by atoms with Crippen LogP contribution in [0, 0.1) is 0 Å². The van der Waals surface area contributed by atoms with Crippen molar-refractivity contribution in [3.63, 3.8) is 0 Å². The summed E-state index contributed by atoms with van der Waals surface area (Å²) in [5.41, 5.74) is 0.607. The van der Waals surface area contributed by atoms with Crippen LogP contribution in [0.3, 0.4) is 0 Å². The molecule has 0 spiro atoms. The highest BCUT2D eigenvalue weighted by Crippen LogP contribution is 2.14. The first-order valence-electron chi connectivity index (χ1n) is 7.13. The number of halogens is 1. The molecule has 1 aromatic carbocycles. The van der Waals surface area contributed by atoms with E-state index in [1.54, 1.807) is 24.3 Å². The van der Waals surface area contributed by atoms with Crippen LogP contribution < -0.4 is 16.0 Å². The fraction of sp³-hybridized carbons (Fsp3) is 0.400. The topological polar surface area (TPSA) is 96.5 Å². The van der Waals surface area contributed by atoms with Gasteiger partial charge in [0, 0.05) is 10.2 Å². The van der Waals surface area contributed by atoms with E-state index in [9.17, 15) is 14.4 Å². The molecule has 0 heterocycles. The number of rotatable bonds is 7. The predicted octanol–water partition coefficient (Wildman–Crippen LogP) is 2.03. The number of amides is 3. The fourth-order valence-corrected chi connectivity index (χ4v) is 2.04. The number of ether oxygens (including phenoxy) is 1. The quantitative estimate of drug-likeness (QED) is 0.625. The van der Waals surface area contributed by atoms with Crippen LogP contribution >= 0.6 is 15.9 Å². The number of nitrogens with one attached hydrogen (secondary N) is 3. The molecule has 0 fully saturated rings. The second-order valence-corrected chi connectivity index (χ2v) is 5.66. The van der Waals surface area contributed by atoms with Gasteiger partial charge in [-0.2, -0.15) is 0 Å². The molecule has 1 unspecified atom stereocenters. The van der Waals surface area contributed by atoms with Gasteiger partial charge in [0.1, 0.15) is 12.6 Å². The lowest BCUT2D eigenvalue weighted by atomic mass is 10.1. The third-order valence-corrected chi connectivity index (χ3v) is 3.46. The molecule has 23 heavy (non-hydrogen) atoms. The molecular weight excluding hydrogens is 366 g/mol. The van der Waals surface area contributed by atoms with Crippen LogP contribution in [0.25, 0.3) is 0 Å². The fourth-order valence-electron chi connectivity index (χ4n) is 1.77. The summed E-state index contributed by atoms with van der Waals surface area (Å²) in [6, 6.07) is 5.84. The van der Waals surface area contributed by atoms with Crippen LogP contribution in [0.1, 0.15) is 19.8 Å². The van der Waals surface area contributed by atoms with Crippen molar-refractivity contribution in [2.24, 2.45) is 0 Å². The monoisotopic (exact) mass is 385 g/mol. The van der Waals surface area contributed by atoms with Gasteiger partial charge in [0.05, 0.1) is 7.11 Å². The molecule has 7 nitrogen and oxygen atoms in total. The lowest BCUT2D eigenvalue weighted by Gasteiger charge is -2.18. The number of carbonyl (C=O) groups is 3. The SMILES string of the molecule is CCCC(NC(=O)Nc1ccc(Br)cc1)C(=O)NCC(=O)OC. The lowest BCUT2D eigenvalue weighted by Crippen LogP contribution is -2.49. The van der Waals surface area contributed by atoms with Crippen molar-refractivity contribution < 1.29 is 19.1 Å². The minimum atomic E-state index is -0.722. The zero-order valence-corrected chi connectivity index (χ0v) is 14.6. The Kier molecular flexibility index (Phi) is 8.10. The molecule has 0 aliphatic rings. The van der Waals surface area contributed by atoms with E-state index >= 15 is 0 Å². The molecule has 1 aromatic rings. The summed E-state index contributed by atoms with van der Waals surface area (Å²) in [7, 11) is 1.24. The number of methoxy groups -OCH3 is 1. The average Bonchev–Trinajstić information content (AvgIpc) is 2.54. The summed E-state index contributed by atoms with van der Waals surface area (Å²) in [6.45, 7) is 1.67. The highest BCUT2D eigenvalue weighted by atomic mass is 79.9. The summed E-state index contributed by atoms with van der Waals surface area (Å²) in [4.78, 5) is 35.0. The Morgan fingerprint density at radius 3 is 2.43 bits per heavy atom. The number of urea groups is 1. The van der Waals surface area contributed by atoms with Crippen LogP contribution in [0.4, 0.5) is 10.5 Å². The molecule has 8 heteroatoms. The number of hydrogen-bond acceptors (Lipinski definition) is 4. The van der Waals surface area contributed by atoms with Gasteiger partial charge in [-0.05, 0) is 30.7 Å². The zero-order chi connectivity index (χ0) is 17.2. The molecule has 0 saturated heterocycles. The van der Waals surface area contributed by atoms with Crippen molar-refractivity contribution in [3.05, 3.63) is 28.7 Å². The van der Waals surface area contributed by atoms with E-state index in [4.69, 9.17) is 0 Å². The normalized spacial score (nSPS) is 11.3. The molecule has 126 valence electrons. The second-order valence-electron chi connectivity index (χ2n) is 4.74. The summed E-state index contributed by atoms with van der Waals surface area (Å²) >= 11 is 3.31. The van der Waals surface area contributed by atoms with Gasteiger partial charge in [0.25, 0.3) is 0 Å². The summed E-state index contributed by atoms with van der Waals surface area (Å²) in [5.74, 6) is -0.976. The van der Waals surface area contributed by atoms with Gasteiger partial charge < -0.3 is 20.7 Å². The first-order chi connectivity index (χ1) is 11.0. The number of hydrogen-bond donors (Lipinski definition) is 3. The summed E-state index contributed by atoms with van der Waals surface area (Å²) in [6.07, 6.45) is 1.16. The predicted molar refractivity (Wildman–Crippen MR) is 90.0 cm³/mol. The third-order valence-electron chi connectivity index (χ3n) is 2.94. The van der Waals surface area contributed by atoms with Crippen molar-refractivity contribution >= 4 is 39.5 Å². The van der Waals surface area contributed by atoms with Gasteiger partial charge in [-0.25, -0.2) is 4.79 Å². The molecule has 3 amide bonds. The highest BCUT2D eigenvalue weighted by Gasteiger charge is 2.20. The minimum Gasteiger partial charge on any atom is -0.468 e. The van der Waals surface area contributed by atoms with Crippen molar-refractivity contribution in [2.75, 3.05) is 19.0 Å². The standard InChI is InChI=1S/C15H20BrN3O4/c1-3-4-12(14(21)17-9-13(20)23-2)19-15(22)18-11-7-5-10(16)6-8-11/h5-8,12H,3-4,9H2,1-2H3,(H,17,21)(H2,18,19,22). The van der Waals surface area contributed by atoms with Crippen LogP contribution in [-0.2, 0) is 14.3 Å². The van der Waals surface area contributed by atoms with Crippen LogP contribution in [0.5, 0.6) is 0 Å². The molecule has 0 aromatic heterocycles. The van der Waals surface area contributed by atoms with Crippen LogP contribution in [0.15, 0.2) is 28.7 Å². The average molecular weight is 386 g/mol. The molecular formula is C15H20BrN3O4. The maximum Gasteiger partial charge on any atom is 0.325 e. The summed E-state index contributed by atoms with van der Waals surface area (Å²) < 4.78 is 5.35. The second kappa shape index (κ2) is 9.83. The molecule has 1 rings (SSSR count). The molecule has 0 aliphatic heterocycles. The van der Waals surface area contributed by atoms with Crippen molar-refractivity contribution in [3.8, 4) is 0 Å². The Hall–Kier alpha value is -2.09. The molecule has 0 bridgehead atoms. The number of carbonyl (C=O) groups excluding carboxylic acids is 3. The van der Waals surface area contributed by atoms with Crippen molar-refractivity contribution in [2.45, 2.75) is 25.8 Å². The Morgan fingerprint density at radius 1 is 1.22 bits per heavy atom. The number of esters is 1. The van der Waals surface area contributed by atoms with Crippen molar-refractivity contribution in [1.82, 2.24) is 10.6 Å². The Morgan fingerprint density at radius 2 is 1.87 bits per heavy atom. The molecule has 3 N–H and O–H groups in total.